The van der Waals surface area contributed by atoms with Crippen molar-refractivity contribution in [3.63, 3.8) is 0 Å². The normalized spacial score (nSPS) is 16.7. The van der Waals surface area contributed by atoms with Gasteiger partial charge < -0.3 is 14.5 Å². The predicted molar refractivity (Wildman–Crippen MR) is 105 cm³/mol. The van der Waals surface area contributed by atoms with Gasteiger partial charge in [-0.05, 0) is 41.8 Å². The van der Waals surface area contributed by atoms with Crippen molar-refractivity contribution < 1.29 is 9.53 Å². The van der Waals surface area contributed by atoms with Crippen LogP contribution in [0.4, 0.5) is 0 Å². The Morgan fingerprint density at radius 3 is 2.54 bits per heavy atom. The fraction of sp³-hybridized carbons (Fsp3) is 0.200. The van der Waals surface area contributed by atoms with Gasteiger partial charge in [-0.2, -0.15) is 5.26 Å². The number of hydrogen-bond donors (Lipinski definition) is 1. The van der Waals surface area contributed by atoms with Gasteiger partial charge in [0.1, 0.15) is 17.4 Å². The Kier molecular flexibility index (Phi) is 7.59. The summed E-state index contributed by atoms with van der Waals surface area (Å²) in [6, 6.07) is 7.09. The molecule has 1 aliphatic carbocycles. The van der Waals surface area contributed by atoms with Gasteiger partial charge in [0.05, 0.1) is 12.9 Å². The molecule has 0 bridgehead atoms. The van der Waals surface area contributed by atoms with E-state index < -0.39 is 0 Å². The fourth-order valence-corrected chi connectivity index (χ4v) is 2.50. The predicted octanol–water partition coefficient (Wildman–Crippen LogP) is 3.72. The van der Waals surface area contributed by atoms with Gasteiger partial charge in [0, 0.05) is 31.6 Å². The number of thiol groups is 1. The van der Waals surface area contributed by atoms with Crippen LogP contribution < -0.4 is 4.74 Å². The second-order valence-electron chi connectivity index (χ2n) is 5.86. The number of rotatable bonds is 5. The van der Waals surface area contributed by atoms with Gasteiger partial charge in [-0.1, -0.05) is 30.9 Å². The fourth-order valence-electron chi connectivity index (χ4n) is 2.50. The molecule has 0 N–H and O–H groups in total. The third-order valence-corrected chi connectivity index (χ3v) is 3.80. The molecule has 0 radical (unpaired) electrons. The molecule has 134 valence electrons. The maximum atomic E-state index is 10.6. The maximum absolute atomic E-state index is 10.6. The summed E-state index contributed by atoms with van der Waals surface area (Å²) in [6.07, 6.45) is 14.1. The molecule has 3 rings (SSSR count). The topological polar surface area (TPSA) is 56.6 Å². The van der Waals surface area contributed by atoms with Crippen molar-refractivity contribution in [1.29, 1.82) is 5.26 Å². The van der Waals surface area contributed by atoms with Crippen molar-refractivity contribution in [3.05, 3.63) is 77.9 Å². The average Bonchev–Trinajstić information content (AvgIpc) is 3.07. The van der Waals surface area contributed by atoms with Crippen LogP contribution in [0.3, 0.4) is 0 Å². The van der Waals surface area contributed by atoms with Crippen LogP contribution in [0.5, 0.6) is 5.75 Å². The summed E-state index contributed by atoms with van der Waals surface area (Å²) < 4.78 is 5.64. The molecule has 0 amide bonds. The van der Waals surface area contributed by atoms with Crippen LogP contribution in [0.2, 0.25) is 0 Å². The highest BCUT2D eigenvalue weighted by Gasteiger charge is 2.10. The molecular weight excluding hydrogens is 346 g/mol. The average molecular weight is 367 g/mol. The first-order valence-corrected chi connectivity index (χ1v) is 8.53. The molecule has 1 heterocycles. The molecule has 0 spiro atoms. The summed E-state index contributed by atoms with van der Waals surface area (Å²) in [7, 11) is 2.07. The van der Waals surface area contributed by atoms with Crippen molar-refractivity contribution in [3.8, 4) is 11.2 Å². The number of benzene rings is 1. The van der Waals surface area contributed by atoms with Crippen LogP contribution >= 0.6 is 12.6 Å². The third-order valence-electron chi connectivity index (χ3n) is 3.80. The number of allylic oxidation sites excluding steroid dienone is 3. The SMILES string of the molecule is CN1C=CN(CC2=CCC(=COc3ccc(C=O)cc3)C=C2)C1.N#CS. The summed E-state index contributed by atoms with van der Waals surface area (Å²) in [5.41, 5.74) is 3.09. The van der Waals surface area contributed by atoms with Crippen LogP contribution in [0.15, 0.2) is 72.3 Å². The number of carbonyl (C=O) groups excluding carboxylic acids is 1. The van der Waals surface area contributed by atoms with E-state index in [0.717, 1.165) is 37.2 Å². The van der Waals surface area contributed by atoms with Gasteiger partial charge in [0.25, 0.3) is 0 Å². The summed E-state index contributed by atoms with van der Waals surface area (Å²) in [6.45, 7) is 1.87. The van der Waals surface area contributed by atoms with E-state index in [0.29, 0.717) is 5.56 Å². The van der Waals surface area contributed by atoms with E-state index in [4.69, 9.17) is 10.00 Å². The second-order valence-corrected chi connectivity index (χ2v) is 6.06. The molecule has 0 fully saturated rings. The van der Waals surface area contributed by atoms with E-state index in [1.807, 2.05) is 0 Å². The number of nitriles is 1. The number of nitrogens with zero attached hydrogens (tertiary/aromatic N) is 3. The Morgan fingerprint density at radius 1 is 1.27 bits per heavy atom. The lowest BCUT2D eigenvalue weighted by Crippen LogP contribution is -2.24. The van der Waals surface area contributed by atoms with E-state index in [-0.39, 0.29) is 0 Å². The van der Waals surface area contributed by atoms with E-state index in [1.54, 1.807) is 30.5 Å². The number of aldehydes is 1. The van der Waals surface area contributed by atoms with Crippen LogP contribution in [0.25, 0.3) is 0 Å². The molecule has 0 aromatic heterocycles. The van der Waals surface area contributed by atoms with E-state index >= 15 is 0 Å². The third kappa shape index (κ3) is 6.19. The molecule has 1 aromatic rings. The summed E-state index contributed by atoms with van der Waals surface area (Å²) >= 11 is 3.09. The maximum Gasteiger partial charge on any atom is 0.150 e. The molecular formula is C20H21N3O2S. The van der Waals surface area contributed by atoms with E-state index in [2.05, 4.69) is 60.1 Å². The van der Waals surface area contributed by atoms with Crippen molar-refractivity contribution >= 4 is 18.9 Å². The molecule has 0 saturated heterocycles. The molecule has 0 saturated carbocycles. The van der Waals surface area contributed by atoms with Crippen molar-refractivity contribution in [1.82, 2.24) is 9.80 Å². The van der Waals surface area contributed by atoms with Gasteiger partial charge in [0.15, 0.2) is 0 Å². The first kappa shape index (κ1) is 19.4. The highest BCUT2D eigenvalue weighted by atomic mass is 32.1. The second kappa shape index (κ2) is 10.2. The lowest BCUT2D eigenvalue weighted by atomic mass is 10.0. The highest BCUT2D eigenvalue weighted by Crippen LogP contribution is 2.19. The summed E-state index contributed by atoms with van der Waals surface area (Å²) in [5, 5.41) is 8.63. The quantitative estimate of drug-likeness (QED) is 0.372. The molecule has 0 unspecified atom stereocenters. The Balaban J connectivity index is 0.000000758. The minimum Gasteiger partial charge on any atom is -0.465 e. The Bertz CT molecular complexity index is 773. The van der Waals surface area contributed by atoms with Crippen LogP contribution in [-0.2, 0) is 0 Å². The Hall–Kier alpha value is -2.91. The minimum absolute atomic E-state index is 0.650. The molecule has 6 heteroatoms. The summed E-state index contributed by atoms with van der Waals surface area (Å²) in [5.74, 6) is 0.733. The first-order valence-electron chi connectivity index (χ1n) is 8.08. The number of hydrogen-bond acceptors (Lipinski definition) is 6. The van der Waals surface area contributed by atoms with Gasteiger partial charge in [-0.3, -0.25) is 4.79 Å². The molecule has 26 heavy (non-hydrogen) atoms. The monoisotopic (exact) mass is 367 g/mol. The van der Waals surface area contributed by atoms with Crippen LogP contribution in [0.1, 0.15) is 16.8 Å². The zero-order chi connectivity index (χ0) is 18.8. The van der Waals surface area contributed by atoms with Crippen molar-refractivity contribution in [2.24, 2.45) is 0 Å². The number of carbonyl (C=O) groups is 1. The lowest BCUT2D eigenvalue weighted by Gasteiger charge is -2.20. The number of ether oxygens (including phenoxy) is 1. The number of thiocyanates is 1. The van der Waals surface area contributed by atoms with E-state index in [9.17, 15) is 4.79 Å². The largest absolute Gasteiger partial charge is 0.465 e. The summed E-state index contributed by atoms with van der Waals surface area (Å²) in [4.78, 5) is 15.0. The molecule has 0 atom stereocenters. The molecule has 5 nitrogen and oxygen atoms in total. The van der Waals surface area contributed by atoms with Crippen LogP contribution in [0, 0.1) is 10.7 Å². The zero-order valence-corrected chi connectivity index (χ0v) is 15.5. The van der Waals surface area contributed by atoms with Gasteiger partial charge in [-0.25, -0.2) is 0 Å². The zero-order valence-electron chi connectivity index (χ0n) is 14.6. The van der Waals surface area contributed by atoms with Crippen molar-refractivity contribution in [2.75, 3.05) is 20.3 Å². The van der Waals surface area contributed by atoms with Gasteiger partial charge >= 0.3 is 0 Å². The van der Waals surface area contributed by atoms with E-state index in [1.165, 1.54) is 11.0 Å². The highest BCUT2D eigenvalue weighted by molar-refractivity contribution is 7.85. The minimum atomic E-state index is 0.650. The lowest BCUT2D eigenvalue weighted by molar-refractivity contribution is 0.112. The Morgan fingerprint density at radius 2 is 2.00 bits per heavy atom. The molecule has 1 aromatic carbocycles. The van der Waals surface area contributed by atoms with Crippen molar-refractivity contribution in [2.45, 2.75) is 6.42 Å². The standard InChI is InChI=1S/C19H20N2O2.CHNS/c1-20-10-11-21(15-20)12-16-2-4-18(5-3-16)14-23-19-8-6-17(13-22)7-9-19;2-1-3/h2-4,6-11,13-14H,5,12,15H2,1H3;3H. The first-order chi connectivity index (χ1) is 12.6. The Labute approximate surface area is 159 Å². The van der Waals surface area contributed by atoms with Gasteiger partial charge in [-0.15, -0.1) is 0 Å². The molecule has 1 aliphatic heterocycles. The van der Waals surface area contributed by atoms with Gasteiger partial charge in [0.2, 0.25) is 0 Å². The van der Waals surface area contributed by atoms with Crippen LogP contribution in [-0.4, -0.2) is 36.3 Å². The molecule has 2 aliphatic rings. The smallest absolute Gasteiger partial charge is 0.150 e.